The predicted octanol–water partition coefficient (Wildman–Crippen LogP) is -0.539. The van der Waals surface area contributed by atoms with E-state index in [-0.39, 0.29) is 17.9 Å². The number of carbonyl (C=O) groups excluding carboxylic acids is 2. The fraction of sp³-hybridized carbons (Fsp3) is 0.818. The van der Waals surface area contributed by atoms with E-state index < -0.39 is 6.04 Å². The Kier molecular flexibility index (Phi) is 3.14. The van der Waals surface area contributed by atoms with Crippen molar-refractivity contribution in [2.75, 3.05) is 13.1 Å². The van der Waals surface area contributed by atoms with Gasteiger partial charge in [-0.1, -0.05) is 0 Å². The predicted molar refractivity (Wildman–Crippen MR) is 59.5 cm³/mol. The van der Waals surface area contributed by atoms with E-state index in [0.29, 0.717) is 18.9 Å². The molecule has 2 aliphatic rings. The van der Waals surface area contributed by atoms with Crippen LogP contribution < -0.4 is 11.1 Å². The first-order chi connectivity index (χ1) is 7.58. The molecule has 5 nitrogen and oxygen atoms in total. The van der Waals surface area contributed by atoms with E-state index in [1.165, 1.54) is 0 Å². The van der Waals surface area contributed by atoms with Crippen LogP contribution in [0.2, 0.25) is 0 Å². The molecule has 90 valence electrons. The van der Waals surface area contributed by atoms with Crippen LogP contribution in [0.15, 0.2) is 0 Å². The number of likely N-dealkylation sites (tertiary alicyclic amines) is 1. The third kappa shape index (κ3) is 2.19. The summed E-state index contributed by atoms with van der Waals surface area (Å²) in [5, 5.41) is 3.00. The van der Waals surface area contributed by atoms with Crippen LogP contribution in [0.25, 0.3) is 0 Å². The second-order valence-corrected chi connectivity index (χ2v) is 4.83. The highest BCUT2D eigenvalue weighted by Crippen LogP contribution is 2.25. The minimum absolute atomic E-state index is 0.0235. The molecule has 16 heavy (non-hydrogen) atoms. The van der Waals surface area contributed by atoms with E-state index in [0.717, 1.165) is 19.4 Å². The molecule has 2 heterocycles. The third-order valence-corrected chi connectivity index (χ3v) is 3.52. The Hall–Kier alpha value is -1.10. The second kappa shape index (κ2) is 4.41. The van der Waals surface area contributed by atoms with Crippen LogP contribution in [0.4, 0.5) is 0 Å². The summed E-state index contributed by atoms with van der Waals surface area (Å²) in [5.74, 6) is 0.581. The number of rotatable bonds is 1. The highest BCUT2D eigenvalue weighted by atomic mass is 16.2. The quantitative estimate of drug-likeness (QED) is 0.629. The molecule has 2 fully saturated rings. The van der Waals surface area contributed by atoms with Gasteiger partial charge in [-0.15, -0.1) is 0 Å². The average Bonchev–Trinajstić information content (AvgIpc) is 2.27. The van der Waals surface area contributed by atoms with E-state index in [4.69, 9.17) is 5.73 Å². The van der Waals surface area contributed by atoms with Crippen LogP contribution in [0.5, 0.6) is 0 Å². The van der Waals surface area contributed by atoms with Gasteiger partial charge in [0, 0.05) is 25.6 Å². The third-order valence-electron chi connectivity index (χ3n) is 3.52. The molecule has 0 saturated carbocycles. The summed E-state index contributed by atoms with van der Waals surface area (Å²) in [5.41, 5.74) is 5.60. The van der Waals surface area contributed by atoms with Crippen molar-refractivity contribution < 1.29 is 9.59 Å². The molecule has 5 heteroatoms. The average molecular weight is 225 g/mol. The molecule has 0 aromatic carbocycles. The highest BCUT2D eigenvalue weighted by Gasteiger charge is 2.35. The monoisotopic (exact) mass is 225 g/mol. The Morgan fingerprint density at radius 3 is 3.00 bits per heavy atom. The van der Waals surface area contributed by atoms with Crippen molar-refractivity contribution in [1.29, 1.82) is 0 Å². The number of nitrogens with zero attached hydrogens (tertiary/aromatic N) is 1. The zero-order valence-corrected chi connectivity index (χ0v) is 9.61. The van der Waals surface area contributed by atoms with Crippen LogP contribution in [0.3, 0.4) is 0 Å². The van der Waals surface area contributed by atoms with E-state index in [1.54, 1.807) is 6.92 Å². The number of amides is 2. The molecule has 0 aromatic rings. The topological polar surface area (TPSA) is 75.4 Å². The zero-order chi connectivity index (χ0) is 11.7. The second-order valence-electron chi connectivity index (χ2n) is 4.83. The Morgan fingerprint density at radius 2 is 2.31 bits per heavy atom. The molecule has 2 aliphatic heterocycles. The normalized spacial score (nSPS) is 31.6. The number of hydrogen-bond acceptors (Lipinski definition) is 3. The van der Waals surface area contributed by atoms with Gasteiger partial charge in [0.05, 0.1) is 6.04 Å². The fourth-order valence-electron chi connectivity index (χ4n) is 2.60. The number of nitrogens with two attached hydrogens (primary N) is 1. The van der Waals surface area contributed by atoms with Gasteiger partial charge in [0.1, 0.15) is 0 Å². The van der Waals surface area contributed by atoms with Crippen molar-refractivity contribution in [3.05, 3.63) is 0 Å². The van der Waals surface area contributed by atoms with E-state index in [9.17, 15) is 9.59 Å². The van der Waals surface area contributed by atoms with Gasteiger partial charge in [0.15, 0.2) is 0 Å². The van der Waals surface area contributed by atoms with Crippen LogP contribution in [-0.4, -0.2) is 41.9 Å². The minimum atomic E-state index is -0.422. The molecule has 2 saturated heterocycles. The summed E-state index contributed by atoms with van der Waals surface area (Å²) >= 11 is 0. The molecule has 3 atom stereocenters. The highest BCUT2D eigenvalue weighted by molar-refractivity contribution is 5.81. The van der Waals surface area contributed by atoms with Crippen LogP contribution >= 0.6 is 0 Å². The molecule has 2 unspecified atom stereocenters. The van der Waals surface area contributed by atoms with E-state index in [1.807, 2.05) is 4.90 Å². The maximum absolute atomic E-state index is 11.8. The molecule has 2 amide bonds. The molecular formula is C11H19N3O2. The molecule has 0 radical (unpaired) electrons. The molecule has 0 spiro atoms. The van der Waals surface area contributed by atoms with Crippen LogP contribution in [0, 0.1) is 5.92 Å². The van der Waals surface area contributed by atoms with Gasteiger partial charge >= 0.3 is 0 Å². The summed E-state index contributed by atoms with van der Waals surface area (Å²) in [7, 11) is 0. The lowest BCUT2D eigenvalue weighted by atomic mass is 9.85. The van der Waals surface area contributed by atoms with Crippen molar-refractivity contribution >= 4 is 11.8 Å². The summed E-state index contributed by atoms with van der Waals surface area (Å²) < 4.78 is 0. The van der Waals surface area contributed by atoms with E-state index >= 15 is 0 Å². The number of nitrogens with one attached hydrogen (secondary N) is 1. The molecule has 0 bridgehead atoms. The molecule has 0 aliphatic carbocycles. The van der Waals surface area contributed by atoms with Crippen molar-refractivity contribution in [3.63, 3.8) is 0 Å². The first kappa shape index (κ1) is 11.4. The van der Waals surface area contributed by atoms with Crippen LogP contribution in [-0.2, 0) is 9.59 Å². The SMILES string of the molecule is C[C@H](N)C(=O)N1CCC2NC(=O)CCC2C1. The van der Waals surface area contributed by atoms with Crippen molar-refractivity contribution in [2.24, 2.45) is 11.7 Å². The minimum Gasteiger partial charge on any atom is -0.353 e. The van der Waals surface area contributed by atoms with E-state index in [2.05, 4.69) is 5.32 Å². The maximum atomic E-state index is 11.8. The van der Waals surface area contributed by atoms with Crippen molar-refractivity contribution in [2.45, 2.75) is 38.3 Å². The maximum Gasteiger partial charge on any atom is 0.239 e. The fourth-order valence-corrected chi connectivity index (χ4v) is 2.60. The first-order valence-corrected chi connectivity index (χ1v) is 5.91. The lowest BCUT2D eigenvalue weighted by Crippen LogP contribution is -2.56. The largest absolute Gasteiger partial charge is 0.353 e. The summed E-state index contributed by atoms with van der Waals surface area (Å²) in [6.07, 6.45) is 2.33. The Morgan fingerprint density at radius 1 is 1.56 bits per heavy atom. The van der Waals surface area contributed by atoms with Gasteiger partial charge in [0.25, 0.3) is 0 Å². The number of fused-ring (bicyclic) bond motifs is 1. The lowest BCUT2D eigenvalue weighted by molar-refractivity contribution is -0.135. The summed E-state index contributed by atoms with van der Waals surface area (Å²) in [6, 6.07) is -0.159. The van der Waals surface area contributed by atoms with Gasteiger partial charge in [0.2, 0.25) is 11.8 Å². The molecule has 2 rings (SSSR count). The Balaban J connectivity index is 1.95. The zero-order valence-electron chi connectivity index (χ0n) is 9.61. The van der Waals surface area contributed by atoms with Gasteiger partial charge in [-0.25, -0.2) is 0 Å². The van der Waals surface area contributed by atoms with Crippen molar-refractivity contribution in [1.82, 2.24) is 10.2 Å². The lowest BCUT2D eigenvalue weighted by Gasteiger charge is -2.41. The number of carbonyl (C=O) groups is 2. The van der Waals surface area contributed by atoms with Gasteiger partial charge in [-0.3, -0.25) is 9.59 Å². The smallest absolute Gasteiger partial charge is 0.239 e. The Labute approximate surface area is 95.3 Å². The molecule has 0 aromatic heterocycles. The Bertz CT molecular complexity index is 304. The summed E-state index contributed by atoms with van der Waals surface area (Å²) in [4.78, 5) is 24.8. The number of hydrogen-bond donors (Lipinski definition) is 2. The van der Waals surface area contributed by atoms with Gasteiger partial charge in [-0.05, 0) is 25.7 Å². The first-order valence-electron chi connectivity index (χ1n) is 5.91. The van der Waals surface area contributed by atoms with Crippen molar-refractivity contribution in [3.8, 4) is 0 Å². The van der Waals surface area contributed by atoms with Crippen LogP contribution in [0.1, 0.15) is 26.2 Å². The summed E-state index contributed by atoms with van der Waals surface area (Å²) in [6.45, 7) is 3.17. The number of piperidine rings is 2. The molecular weight excluding hydrogens is 206 g/mol. The molecule has 3 N–H and O–H groups in total. The van der Waals surface area contributed by atoms with Gasteiger partial charge in [-0.2, -0.15) is 0 Å². The van der Waals surface area contributed by atoms with Gasteiger partial charge < -0.3 is 16.0 Å². The standard InChI is InChI=1S/C11H19N3O2/c1-7(12)11(16)14-5-4-9-8(6-14)2-3-10(15)13-9/h7-9H,2-6,12H2,1H3,(H,13,15)/t7-,8?,9?/m0/s1.